The third-order valence-electron chi connectivity index (χ3n) is 5.55. The standard InChI is InChI=1S/C25H25ClN4O4S/c1-30(15-18-7-3-6-17(9-18)14-27-35(2,33)34)25(32)21-12-20-22(28-29-23(20)13-24(21)31)11-16-5-4-8-19(26)10-16/h3-10,12-13,27,31H,11,14-15H2,1-2H3,(H,28,29). The molecule has 1 amide bonds. The number of phenols is 1. The number of aromatic hydroxyl groups is 1. The van der Waals surface area contributed by atoms with Crippen molar-refractivity contribution in [2.24, 2.45) is 0 Å². The average Bonchev–Trinajstić information content (AvgIpc) is 3.17. The van der Waals surface area contributed by atoms with Gasteiger partial charge < -0.3 is 10.0 Å². The minimum Gasteiger partial charge on any atom is -0.507 e. The number of rotatable bonds is 8. The number of halogens is 1. The molecule has 0 unspecified atom stereocenters. The monoisotopic (exact) mass is 512 g/mol. The molecule has 0 atom stereocenters. The van der Waals surface area contributed by atoms with Crippen molar-refractivity contribution in [1.82, 2.24) is 19.8 Å². The molecular weight excluding hydrogens is 488 g/mol. The highest BCUT2D eigenvalue weighted by Gasteiger charge is 2.19. The number of H-pyrrole nitrogens is 1. The molecule has 4 aromatic rings. The van der Waals surface area contributed by atoms with Crippen LogP contribution in [0.1, 0.15) is 32.7 Å². The van der Waals surface area contributed by atoms with E-state index in [0.717, 1.165) is 34.0 Å². The first-order valence-corrected chi connectivity index (χ1v) is 13.1. The Morgan fingerprint density at radius 3 is 2.54 bits per heavy atom. The number of carbonyl (C=O) groups excluding carboxylic acids is 1. The van der Waals surface area contributed by atoms with Crippen molar-refractivity contribution < 1.29 is 18.3 Å². The molecule has 182 valence electrons. The molecule has 0 spiro atoms. The molecule has 0 saturated heterocycles. The highest BCUT2D eigenvalue weighted by molar-refractivity contribution is 7.88. The predicted octanol–water partition coefficient (Wildman–Crippen LogP) is 3.83. The second-order valence-corrected chi connectivity index (χ2v) is 10.7. The van der Waals surface area contributed by atoms with Crippen LogP contribution >= 0.6 is 11.6 Å². The molecular formula is C25H25ClN4O4S. The number of hydrogen-bond acceptors (Lipinski definition) is 5. The molecule has 1 heterocycles. The lowest BCUT2D eigenvalue weighted by molar-refractivity contribution is 0.0782. The van der Waals surface area contributed by atoms with Crippen molar-refractivity contribution in [3.63, 3.8) is 0 Å². The smallest absolute Gasteiger partial charge is 0.257 e. The minimum atomic E-state index is -3.31. The molecule has 0 saturated carbocycles. The molecule has 35 heavy (non-hydrogen) atoms. The van der Waals surface area contributed by atoms with Crippen LogP contribution in [0.15, 0.2) is 60.7 Å². The summed E-state index contributed by atoms with van der Waals surface area (Å²) in [7, 11) is -1.66. The fourth-order valence-corrected chi connectivity index (χ4v) is 4.50. The van der Waals surface area contributed by atoms with Gasteiger partial charge in [-0.3, -0.25) is 9.89 Å². The number of carbonyl (C=O) groups is 1. The van der Waals surface area contributed by atoms with Gasteiger partial charge in [-0.05, 0) is 34.9 Å². The predicted molar refractivity (Wildman–Crippen MR) is 136 cm³/mol. The van der Waals surface area contributed by atoms with Gasteiger partial charge in [0.15, 0.2) is 0 Å². The van der Waals surface area contributed by atoms with Gasteiger partial charge in [0, 0.05) is 48.7 Å². The fourth-order valence-electron chi connectivity index (χ4n) is 3.86. The maximum absolute atomic E-state index is 13.2. The summed E-state index contributed by atoms with van der Waals surface area (Å²) in [5.74, 6) is -0.500. The van der Waals surface area contributed by atoms with Crippen molar-refractivity contribution in [2.45, 2.75) is 19.5 Å². The zero-order chi connectivity index (χ0) is 25.2. The third-order valence-corrected chi connectivity index (χ3v) is 6.45. The summed E-state index contributed by atoms with van der Waals surface area (Å²) < 4.78 is 25.2. The quantitative estimate of drug-likeness (QED) is 0.332. The zero-order valence-corrected chi connectivity index (χ0v) is 20.8. The Kier molecular flexibility index (Phi) is 7.11. The summed E-state index contributed by atoms with van der Waals surface area (Å²) in [4.78, 5) is 14.7. The number of benzene rings is 3. The first kappa shape index (κ1) is 24.7. The van der Waals surface area contributed by atoms with Gasteiger partial charge in [-0.1, -0.05) is 48.0 Å². The summed E-state index contributed by atoms with van der Waals surface area (Å²) in [6.07, 6.45) is 1.65. The van der Waals surface area contributed by atoms with Crippen molar-refractivity contribution in [2.75, 3.05) is 13.3 Å². The summed E-state index contributed by atoms with van der Waals surface area (Å²) in [5.41, 5.74) is 4.14. The summed E-state index contributed by atoms with van der Waals surface area (Å²) in [5, 5.41) is 19.2. The summed E-state index contributed by atoms with van der Waals surface area (Å²) in [6.45, 7) is 0.446. The van der Waals surface area contributed by atoms with Crippen LogP contribution < -0.4 is 4.72 Å². The van der Waals surface area contributed by atoms with Crippen molar-refractivity contribution >= 4 is 38.4 Å². The number of amides is 1. The Bertz CT molecular complexity index is 1500. The van der Waals surface area contributed by atoms with E-state index in [0.29, 0.717) is 17.0 Å². The van der Waals surface area contributed by atoms with E-state index in [1.54, 1.807) is 19.2 Å². The topological polar surface area (TPSA) is 115 Å². The lowest BCUT2D eigenvalue weighted by Gasteiger charge is -2.18. The van der Waals surface area contributed by atoms with Crippen LogP contribution in [0.4, 0.5) is 0 Å². The lowest BCUT2D eigenvalue weighted by Crippen LogP contribution is -2.26. The largest absolute Gasteiger partial charge is 0.507 e. The van der Waals surface area contributed by atoms with E-state index in [4.69, 9.17) is 11.6 Å². The van der Waals surface area contributed by atoms with Crippen molar-refractivity contribution in [1.29, 1.82) is 0 Å². The summed E-state index contributed by atoms with van der Waals surface area (Å²) in [6, 6.07) is 17.9. The van der Waals surface area contributed by atoms with Gasteiger partial charge in [0.25, 0.3) is 5.91 Å². The van der Waals surface area contributed by atoms with Crippen LogP contribution in [0, 0.1) is 0 Å². The van der Waals surface area contributed by atoms with E-state index in [1.807, 2.05) is 42.5 Å². The molecule has 0 fully saturated rings. The number of sulfonamides is 1. The van der Waals surface area contributed by atoms with E-state index >= 15 is 0 Å². The summed E-state index contributed by atoms with van der Waals surface area (Å²) >= 11 is 6.10. The molecule has 0 radical (unpaired) electrons. The Hall–Kier alpha value is -3.40. The minimum absolute atomic E-state index is 0.152. The number of phenolic OH excluding ortho intramolecular Hbond substituents is 1. The number of aromatic amines is 1. The van der Waals surface area contributed by atoms with E-state index in [2.05, 4.69) is 14.9 Å². The first-order valence-electron chi connectivity index (χ1n) is 10.8. The Labute approximate surface area is 208 Å². The normalized spacial score (nSPS) is 11.6. The molecule has 0 bridgehead atoms. The van der Waals surface area contributed by atoms with Crippen molar-refractivity contribution in [3.05, 3.63) is 93.6 Å². The molecule has 10 heteroatoms. The molecule has 3 N–H and O–H groups in total. The Morgan fingerprint density at radius 2 is 1.80 bits per heavy atom. The maximum Gasteiger partial charge on any atom is 0.257 e. The van der Waals surface area contributed by atoms with Crippen LogP contribution in [0.3, 0.4) is 0 Å². The van der Waals surface area contributed by atoms with Crippen LogP contribution in [0.5, 0.6) is 5.75 Å². The Morgan fingerprint density at radius 1 is 1.09 bits per heavy atom. The molecule has 0 aliphatic heterocycles. The number of nitrogens with one attached hydrogen (secondary N) is 2. The number of nitrogens with zero attached hydrogens (tertiary/aromatic N) is 2. The van der Waals surface area contributed by atoms with Gasteiger partial charge in [0.1, 0.15) is 5.75 Å². The molecule has 8 nitrogen and oxygen atoms in total. The van der Waals surface area contributed by atoms with E-state index in [-0.39, 0.29) is 30.3 Å². The van der Waals surface area contributed by atoms with E-state index in [1.165, 1.54) is 11.0 Å². The van der Waals surface area contributed by atoms with Crippen LogP contribution in [0.2, 0.25) is 5.02 Å². The van der Waals surface area contributed by atoms with Gasteiger partial charge in [-0.15, -0.1) is 0 Å². The number of hydrogen-bond donors (Lipinski definition) is 3. The van der Waals surface area contributed by atoms with E-state index < -0.39 is 10.0 Å². The fraction of sp³-hybridized carbons (Fsp3) is 0.200. The second-order valence-electron chi connectivity index (χ2n) is 8.47. The molecule has 4 rings (SSSR count). The van der Waals surface area contributed by atoms with Gasteiger partial charge in [0.05, 0.1) is 17.3 Å². The van der Waals surface area contributed by atoms with Gasteiger partial charge in [-0.2, -0.15) is 5.10 Å². The zero-order valence-electron chi connectivity index (χ0n) is 19.2. The van der Waals surface area contributed by atoms with Gasteiger partial charge in [-0.25, -0.2) is 13.1 Å². The third kappa shape index (κ3) is 6.19. The lowest BCUT2D eigenvalue weighted by atomic mass is 10.0. The van der Waals surface area contributed by atoms with Crippen LogP contribution in [-0.4, -0.2) is 47.8 Å². The van der Waals surface area contributed by atoms with Crippen LogP contribution in [-0.2, 0) is 29.5 Å². The highest BCUT2D eigenvalue weighted by Crippen LogP contribution is 2.28. The Balaban J connectivity index is 1.54. The molecule has 0 aliphatic rings. The van der Waals surface area contributed by atoms with Gasteiger partial charge in [0.2, 0.25) is 10.0 Å². The molecule has 0 aliphatic carbocycles. The molecule has 3 aromatic carbocycles. The number of aromatic nitrogens is 2. The highest BCUT2D eigenvalue weighted by atomic mass is 35.5. The average molecular weight is 513 g/mol. The van der Waals surface area contributed by atoms with E-state index in [9.17, 15) is 18.3 Å². The first-order chi connectivity index (χ1) is 16.6. The maximum atomic E-state index is 13.2. The van der Waals surface area contributed by atoms with Gasteiger partial charge >= 0.3 is 0 Å². The van der Waals surface area contributed by atoms with Crippen LogP contribution in [0.25, 0.3) is 10.9 Å². The molecule has 1 aromatic heterocycles. The number of fused-ring (bicyclic) bond motifs is 1. The SMILES string of the molecule is CN(Cc1cccc(CNS(C)(=O)=O)c1)C(=O)c1cc2c(Cc3cccc(Cl)c3)[nH]nc2cc1O. The second kappa shape index (κ2) is 10.1. The van der Waals surface area contributed by atoms with Crippen molar-refractivity contribution in [3.8, 4) is 5.75 Å².